The molecule has 2 heterocycles. The lowest BCUT2D eigenvalue weighted by Crippen LogP contribution is -2.52. The lowest BCUT2D eigenvalue weighted by atomic mass is 9.88. The molecule has 1 saturated heterocycles. The van der Waals surface area contributed by atoms with Crippen molar-refractivity contribution in [1.29, 1.82) is 0 Å². The number of rotatable bonds is 4. The summed E-state index contributed by atoms with van der Waals surface area (Å²) in [7, 11) is 0. The van der Waals surface area contributed by atoms with Gasteiger partial charge in [-0.2, -0.15) is 0 Å². The smallest absolute Gasteiger partial charge is 0.270 e. The van der Waals surface area contributed by atoms with Crippen LogP contribution >= 0.6 is 0 Å². The van der Waals surface area contributed by atoms with E-state index in [4.69, 9.17) is 0 Å². The van der Waals surface area contributed by atoms with Gasteiger partial charge in [0.1, 0.15) is 17.7 Å². The van der Waals surface area contributed by atoms with Gasteiger partial charge in [-0.25, -0.2) is 9.97 Å². The van der Waals surface area contributed by atoms with E-state index in [1.165, 1.54) is 6.33 Å². The first-order valence-electron chi connectivity index (χ1n) is 8.76. The average molecular weight is 340 g/mol. The molecule has 6 heteroatoms. The molecule has 25 heavy (non-hydrogen) atoms. The lowest BCUT2D eigenvalue weighted by molar-refractivity contribution is -0.121. The largest absolute Gasteiger partial charge is 0.327 e. The zero-order chi connectivity index (χ0) is 17.9. The molecule has 3 rings (SSSR count). The van der Waals surface area contributed by atoms with Crippen LogP contribution in [0.3, 0.4) is 0 Å². The quantitative estimate of drug-likeness (QED) is 0.675. The second kappa shape index (κ2) is 7.17. The van der Waals surface area contributed by atoms with Gasteiger partial charge in [-0.1, -0.05) is 18.1 Å². The van der Waals surface area contributed by atoms with Crippen molar-refractivity contribution in [2.45, 2.75) is 58.0 Å². The Balaban J connectivity index is 1.87. The summed E-state index contributed by atoms with van der Waals surface area (Å²) >= 11 is 0. The Morgan fingerprint density at radius 2 is 2.08 bits per heavy atom. The SMILES string of the molecule is CC(/C=C(\C)Cc1ccncn1)=C1\C(=O)NC2(CCCCC2)N1C=O. The summed E-state index contributed by atoms with van der Waals surface area (Å²) in [5.41, 5.74) is 2.75. The molecule has 2 aliphatic rings. The van der Waals surface area contributed by atoms with Gasteiger partial charge >= 0.3 is 0 Å². The highest BCUT2D eigenvalue weighted by molar-refractivity contribution is 5.99. The number of nitrogens with zero attached hydrogens (tertiary/aromatic N) is 3. The van der Waals surface area contributed by atoms with Crippen LogP contribution in [0.15, 0.2) is 41.5 Å². The number of nitrogens with one attached hydrogen (secondary N) is 1. The first-order valence-corrected chi connectivity index (χ1v) is 8.76. The van der Waals surface area contributed by atoms with E-state index in [-0.39, 0.29) is 5.91 Å². The maximum atomic E-state index is 12.6. The van der Waals surface area contributed by atoms with Crippen molar-refractivity contribution in [2.24, 2.45) is 0 Å². The van der Waals surface area contributed by atoms with E-state index in [0.717, 1.165) is 55.4 Å². The fourth-order valence-corrected chi connectivity index (χ4v) is 3.88. The van der Waals surface area contributed by atoms with Crippen LogP contribution in [0.4, 0.5) is 0 Å². The Morgan fingerprint density at radius 3 is 2.72 bits per heavy atom. The van der Waals surface area contributed by atoms with Crippen LogP contribution in [0.25, 0.3) is 0 Å². The van der Waals surface area contributed by atoms with E-state index in [1.54, 1.807) is 11.1 Å². The molecule has 1 aromatic heterocycles. The molecule has 132 valence electrons. The monoisotopic (exact) mass is 340 g/mol. The minimum Gasteiger partial charge on any atom is -0.327 e. The number of hydrogen-bond donors (Lipinski definition) is 1. The molecule has 0 aromatic carbocycles. The highest BCUT2D eigenvalue weighted by Gasteiger charge is 2.48. The maximum absolute atomic E-state index is 12.6. The highest BCUT2D eigenvalue weighted by Crippen LogP contribution is 2.38. The number of amides is 2. The number of hydrogen-bond acceptors (Lipinski definition) is 4. The maximum Gasteiger partial charge on any atom is 0.270 e. The molecule has 1 spiro atoms. The Kier molecular flexibility index (Phi) is 4.97. The van der Waals surface area contributed by atoms with Gasteiger partial charge in [-0.05, 0) is 51.2 Å². The van der Waals surface area contributed by atoms with Gasteiger partial charge in [0, 0.05) is 18.3 Å². The van der Waals surface area contributed by atoms with Crippen molar-refractivity contribution in [2.75, 3.05) is 0 Å². The summed E-state index contributed by atoms with van der Waals surface area (Å²) in [5.74, 6) is -0.155. The zero-order valence-electron chi connectivity index (χ0n) is 14.8. The van der Waals surface area contributed by atoms with Gasteiger partial charge < -0.3 is 5.32 Å². The fourth-order valence-electron chi connectivity index (χ4n) is 3.88. The van der Waals surface area contributed by atoms with Gasteiger partial charge in [0.2, 0.25) is 6.41 Å². The molecule has 2 fully saturated rings. The Hall–Kier alpha value is -2.50. The molecule has 0 atom stereocenters. The third-order valence-electron chi connectivity index (χ3n) is 4.99. The van der Waals surface area contributed by atoms with Gasteiger partial charge in [0.25, 0.3) is 5.91 Å². The Labute approximate surface area is 148 Å². The summed E-state index contributed by atoms with van der Waals surface area (Å²) in [6.45, 7) is 3.89. The van der Waals surface area contributed by atoms with E-state index < -0.39 is 5.66 Å². The van der Waals surface area contributed by atoms with Crippen LogP contribution < -0.4 is 5.32 Å². The molecular weight excluding hydrogens is 316 g/mol. The van der Waals surface area contributed by atoms with Crippen LogP contribution in [0.2, 0.25) is 0 Å². The topological polar surface area (TPSA) is 75.2 Å². The minimum atomic E-state index is -0.526. The fraction of sp³-hybridized carbons (Fsp3) is 0.474. The molecule has 1 aromatic rings. The van der Waals surface area contributed by atoms with Crippen molar-refractivity contribution < 1.29 is 9.59 Å². The van der Waals surface area contributed by atoms with E-state index >= 15 is 0 Å². The van der Waals surface area contributed by atoms with Crippen molar-refractivity contribution in [3.8, 4) is 0 Å². The molecular formula is C19H24N4O2. The number of carbonyl (C=O) groups excluding carboxylic acids is 2. The predicted molar refractivity (Wildman–Crippen MR) is 94.1 cm³/mol. The van der Waals surface area contributed by atoms with Crippen LogP contribution in [0.1, 0.15) is 51.6 Å². The van der Waals surface area contributed by atoms with E-state index in [0.29, 0.717) is 12.1 Å². The molecule has 1 N–H and O–H groups in total. The average Bonchev–Trinajstić information content (AvgIpc) is 2.87. The van der Waals surface area contributed by atoms with E-state index in [2.05, 4.69) is 15.3 Å². The third kappa shape index (κ3) is 3.48. The molecule has 1 aliphatic heterocycles. The predicted octanol–water partition coefficient (Wildman–Crippen LogP) is 2.49. The number of carbonyl (C=O) groups is 2. The van der Waals surface area contributed by atoms with Gasteiger partial charge in [0.05, 0.1) is 0 Å². The Bertz CT molecular complexity index is 718. The third-order valence-corrected chi connectivity index (χ3v) is 4.99. The molecule has 2 amide bonds. The first kappa shape index (κ1) is 17.3. The summed E-state index contributed by atoms with van der Waals surface area (Å²) in [6, 6.07) is 1.87. The van der Waals surface area contributed by atoms with Crippen molar-refractivity contribution >= 4 is 12.3 Å². The Morgan fingerprint density at radius 1 is 1.32 bits per heavy atom. The van der Waals surface area contributed by atoms with Crippen molar-refractivity contribution in [1.82, 2.24) is 20.2 Å². The summed E-state index contributed by atoms with van der Waals surface area (Å²) in [6.07, 6.45) is 11.5. The van der Waals surface area contributed by atoms with E-state index in [1.807, 2.05) is 26.0 Å². The standard InChI is InChI=1S/C19H24N4O2/c1-14(11-16-6-9-20-12-21-16)10-15(2)17-18(25)22-19(23(17)13-24)7-4-3-5-8-19/h6,9-10,12-13H,3-5,7-8,11H2,1-2H3,(H,22,25)/b14-10+,17-15-. The molecule has 0 unspecified atom stereocenters. The van der Waals surface area contributed by atoms with Crippen molar-refractivity contribution in [3.63, 3.8) is 0 Å². The van der Waals surface area contributed by atoms with Crippen LogP contribution in [0, 0.1) is 0 Å². The van der Waals surface area contributed by atoms with Crippen LogP contribution in [-0.2, 0) is 16.0 Å². The normalized spacial score (nSPS) is 22.1. The van der Waals surface area contributed by atoms with Crippen LogP contribution in [-0.4, -0.2) is 32.8 Å². The molecule has 1 aliphatic carbocycles. The minimum absolute atomic E-state index is 0.155. The first-order chi connectivity index (χ1) is 12.1. The van der Waals surface area contributed by atoms with E-state index in [9.17, 15) is 9.59 Å². The molecule has 6 nitrogen and oxygen atoms in total. The molecule has 1 saturated carbocycles. The lowest BCUT2D eigenvalue weighted by Gasteiger charge is -2.38. The second-order valence-corrected chi connectivity index (χ2v) is 6.92. The van der Waals surface area contributed by atoms with Crippen molar-refractivity contribution in [3.05, 3.63) is 47.2 Å². The number of aromatic nitrogens is 2. The molecule has 0 radical (unpaired) electrons. The summed E-state index contributed by atoms with van der Waals surface area (Å²) in [5, 5.41) is 3.07. The van der Waals surface area contributed by atoms with Gasteiger partial charge in [0.15, 0.2) is 0 Å². The summed E-state index contributed by atoms with van der Waals surface area (Å²) in [4.78, 5) is 34.1. The van der Waals surface area contributed by atoms with Gasteiger partial charge in [-0.15, -0.1) is 0 Å². The molecule has 0 bridgehead atoms. The number of allylic oxidation sites excluding steroid dienone is 3. The second-order valence-electron chi connectivity index (χ2n) is 6.92. The summed E-state index contributed by atoms with van der Waals surface area (Å²) < 4.78 is 0. The zero-order valence-corrected chi connectivity index (χ0v) is 14.8. The van der Waals surface area contributed by atoms with Gasteiger partial charge in [-0.3, -0.25) is 14.5 Å². The highest BCUT2D eigenvalue weighted by atomic mass is 16.2. The van der Waals surface area contributed by atoms with Crippen LogP contribution in [0.5, 0.6) is 0 Å².